The second-order valence-corrected chi connectivity index (χ2v) is 5.26. The molecule has 0 saturated heterocycles. The van der Waals surface area contributed by atoms with E-state index in [-0.39, 0.29) is 5.82 Å². The summed E-state index contributed by atoms with van der Waals surface area (Å²) in [6, 6.07) is 10.7. The zero-order chi connectivity index (χ0) is 15.2. The zero-order valence-electron chi connectivity index (χ0n) is 12.0. The molecule has 2 rings (SSSR count). The minimum Gasteiger partial charge on any atom is -0.493 e. The molecule has 2 aromatic carbocycles. The van der Waals surface area contributed by atoms with E-state index in [0.717, 1.165) is 11.3 Å². The number of benzene rings is 2. The van der Waals surface area contributed by atoms with Crippen molar-refractivity contribution in [1.82, 2.24) is 0 Å². The molecule has 3 nitrogen and oxygen atoms in total. The zero-order valence-corrected chi connectivity index (χ0v) is 13.5. The molecule has 21 heavy (non-hydrogen) atoms. The Morgan fingerprint density at radius 2 is 1.95 bits per heavy atom. The Morgan fingerprint density at radius 3 is 2.62 bits per heavy atom. The Bertz CT molecular complexity index is 619. The smallest absolute Gasteiger partial charge is 0.162 e. The topological polar surface area (TPSA) is 30.5 Å². The van der Waals surface area contributed by atoms with E-state index < -0.39 is 0 Å². The van der Waals surface area contributed by atoms with Gasteiger partial charge in [-0.2, -0.15) is 0 Å². The minimum absolute atomic E-state index is 0.265. The van der Waals surface area contributed by atoms with Crippen molar-refractivity contribution in [2.24, 2.45) is 0 Å². The molecule has 1 N–H and O–H groups in total. The highest BCUT2D eigenvalue weighted by molar-refractivity contribution is 9.10. The first kappa shape index (κ1) is 15.6. The summed E-state index contributed by atoms with van der Waals surface area (Å²) in [5.74, 6) is 1.11. The second-order valence-electron chi connectivity index (χ2n) is 4.40. The second kappa shape index (κ2) is 7.31. The third kappa shape index (κ3) is 4.11. The number of hydrogen-bond acceptors (Lipinski definition) is 3. The van der Waals surface area contributed by atoms with Gasteiger partial charge in [-0.25, -0.2) is 4.39 Å². The van der Waals surface area contributed by atoms with Crippen LogP contribution >= 0.6 is 15.9 Å². The molecule has 5 heteroatoms. The maximum atomic E-state index is 13.5. The minimum atomic E-state index is -0.265. The summed E-state index contributed by atoms with van der Waals surface area (Å²) in [6.07, 6.45) is 0. The van der Waals surface area contributed by atoms with Gasteiger partial charge in [-0.15, -0.1) is 0 Å². The summed E-state index contributed by atoms with van der Waals surface area (Å²) in [6.45, 7) is 3.04. The van der Waals surface area contributed by atoms with Crippen LogP contribution in [0, 0.1) is 5.82 Å². The van der Waals surface area contributed by atoms with Gasteiger partial charge in [0.25, 0.3) is 0 Å². The van der Waals surface area contributed by atoms with Gasteiger partial charge in [0.2, 0.25) is 0 Å². The molecule has 0 radical (unpaired) electrons. The molecule has 0 atom stereocenters. The predicted octanol–water partition coefficient (Wildman–Crippen LogP) is 4.61. The number of rotatable bonds is 6. The number of nitrogens with one attached hydrogen (secondary N) is 1. The number of halogens is 2. The summed E-state index contributed by atoms with van der Waals surface area (Å²) in [7, 11) is 1.60. The van der Waals surface area contributed by atoms with Crippen LogP contribution in [0.5, 0.6) is 11.5 Å². The first-order chi connectivity index (χ1) is 10.1. The fraction of sp³-hybridized carbons (Fsp3) is 0.250. The largest absolute Gasteiger partial charge is 0.493 e. The quantitative estimate of drug-likeness (QED) is 0.822. The maximum Gasteiger partial charge on any atom is 0.162 e. The Hall–Kier alpha value is -1.75. The van der Waals surface area contributed by atoms with Crippen molar-refractivity contribution in [3.63, 3.8) is 0 Å². The lowest BCUT2D eigenvalue weighted by molar-refractivity contribution is 0.311. The molecule has 2 aromatic rings. The molecular weight excluding hydrogens is 337 g/mol. The normalized spacial score (nSPS) is 10.3. The van der Waals surface area contributed by atoms with Crippen molar-refractivity contribution in [2.75, 3.05) is 19.0 Å². The lowest BCUT2D eigenvalue weighted by atomic mass is 10.2. The molecule has 0 fully saturated rings. The van der Waals surface area contributed by atoms with Crippen LogP contribution in [-0.2, 0) is 6.54 Å². The summed E-state index contributed by atoms with van der Waals surface area (Å²) in [5.41, 5.74) is 1.75. The molecule has 0 bridgehead atoms. The van der Waals surface area contributed by atoms with Crippen LogP contribution in [-0.4, -0.2) is 13.7 Å². The molecule has 0 aliphatic rings. The lowest BCUT2D eigenvalue weighted by Gasteiger charge is -2.12. The Labute approximate surface area is 132 Å². The standard InChI is InChI=1S/C16H17BrFNO2/c1-3-21-15-7-5-12(9-16(15)20-2)19-10-11-4-6-13(17)14(18)8-11/h4-9,19H,3,10H2,1-2H3. The molecule has 0 aromatic heterocycles. The van der Waals surface area contributed by atoms with Gasteiger partial charge >= 0.3 is 0 Å². The summed E-state index contributed by atoms with van der Waals surface area (Å²) in [4.78, 5) is 0. The van der Waals surface area contributed by atoms with Gasteiger partial charge < -0.3 is 14.8 Å². The predicted molar refractivity (Wildman–Crippen MR) is 85.6 cm³/mol. The molecule has 0 unspecified atom stereocenters. The van der Waals surface area contributed by atoms with E-state index in [2.05, 4.69) is 21.2 Å². The van der Waals surface area contributed by atoms with Gasteiger partial charge in [0.1, 0.15) is 5.82 Å². The summed E-state index contributed by atoms with van der Waals surface area (Å²) >= 11 is 3.14. The monoisotopic (exact) mass is 353 g/mol. The average molecular weight is 354 g/mol. The van der Waals surface area contributed by atoms with Crippen molar-refractivity contribution in [3.8, 4) is 11.5 Å². The highest BCUT2D eigenvalue weighted by Gasteiger charge is 2.06. The van der Waals surface area contributed by atoms with Crippen LogP contribution in [0.15, 0.2) is 40.9 Å². The fourth-order valence-corrected chi connectivity index (χ4v) is 2.15. The van der Waals surface area contributed by atoms with E-state index >= 15 is 0 Å². The molecule has 0 spiro atoms. The van der Waals surface area contributed by atoms with Gasteiger partial charge in [-0.3, -0.25) is 0 Å². The summed E-state index contributed by atoms with van der Waals surface area (Å²) in [5, 5.41) is 3.23. The van der Waals surface area contributed by atoms with Crippen molar-refractivity contribution < 1.29 is 13.9 Å². The van der Waals surface area contributed by atoms with Gasteiger partial charge in [0.05, 0.1) is 18.2 Å². The van der Waals surface area contributed by atoms with E-state index in [1.165, 1.54) is 6.07 Å². The van der Waals surface area contributed by atoms with Crippen molar-refractivity contribution >= 4 is 21.6 Å². The number of anilines is 1. The Kier molecular flexibility index (Phi) is 5.44. The van der Waals surface area contributed by atoms with Crippen LogP contribution in [0.1, 0.15) is 12.5 Å². The van der Waals surface area contributed by atoms with Gasteiger partial charge in [0.15, 0.2) is 11.5 Å². The van der Waals surface area contributed by atoms with Crippen LogP contribution in [0.3, 0.4) is 0 Å². The van der Waals surface area contributed by atoms with Gasteiger partial charge in [-0.05, 0) is 52.7 Å². The van der Waals surface area contributed by atoms with E-state index in [1.54, 1.807) is 13.2 Å². The maximum absolute atomic E-state index is 13.5. The van der Waals surface area contributed by atoms with Crippen LogP contribution < -0.4 is 14.8 Å². The highest BCUT2D eigenvalue weighted by atomic mass is 79.9. The first-order valence-electron chi connectivity index (χ1n) is 6.62. The van der Waals surface area contributed by atoms with Gasteiger partial charge in [0, 0.05) is 18.3 Å². The Balaban J connectivity index is 2.07. The lowest BCUT2D eigenvalue weighted by Crippen LogP contribution is -2.01. The molecule has 112 valence electrons. The molecule has 0 heterocycles. The number of ether oxygens (including phenoxy) is 2. The fourth-order valence-electron chi connectivity index (χ4n) is 1.91. The van der Waals surface area contributed by atoms with Gasteiger partial charge in [-0.1, -0.05) is 6.07 Å². The third-order valence-corrected chi connectivity index (χ3v) is 3.59. The van der Waals surface area contributed by atoms with Crippen molar-refractivity contribution in [2.45, 2.75) is 13.5 Å². The molecule has 0 aliphatic heterocycles. The summed E-state index contributed by atoms with van der Waals surface area (Å²) < 4.78 is 24.7. The third-order valence-electron chi connectivity index (χ3n) is 2.94. The number of methoxy groups -OCH3 is 1. The van der Waals surface area contributed by atoms with E-state index in [0.29, 0.717) is 29.1 Å². The first-order valence-corrected chi connectivity index (χ1v) is 7.42. The van der Waals surface area contributed by atoms with E-state index in [4.69, 9.17) is 9.47 Å². The Morgan fingerprint density at radius 1 is 1.14 bits per heavy atom. The van der Waals surface area contributed by atoms with Crippen molar-refractivity contribution in [3.05, 3.63) is 52.3 Å². The molecule has 0 saturated carbocycles. The number of hydrogen-bond donors (Lipinski definition) is 1. The molecule has 0 amide bonds. The highest BCUT2D eigenvalue weighted by Crippen LogP contribution is 2.30. The van der Waals surface area contributed by atoms with E-state index in [1.807, 2.05) is 31.2 Å². The van der Waals surface area contributed by atoms with Crippen molar-refractivity contribution in [1.29, 1.82) is 0 Å². The molecular formula is C16H17BrFNO2. The molecule has 0 aliphatic carbocycles. The average Bonchev–Trinajstić information content (AvgIpc) is 2.49. The van der Waals surface area contributed by atoms with Crippen LogP contribution in [0.25, 0.3) is 0 Å². The van der Waals surface area contributed by atoms with Crippen LogP contribution in [0.4, 0.5) is 10.1 Å². The SMILES string of the molecule is CCOc1ccc(NCc2ccc(Br)c(F)c2)cc1OC. The van der Waals surface area contributed by atoms with E-state index in [9.17, 15) is 4.39 Å². The van der Waals surface area contributed by atoms with Crippen LogP contribution in [0.2, 0.25) is 0 Å².